The maximum absolute atomic E-state index is 13.5. The topological polar surface area (TPSA) is 12.0 Å². The molecule has 1 fully saturated rings. The van der Waals surface area contributed by atoms with Gasteiger partial charge >= 0.3 is 0 Å². The number of rotatable bonds is 3. The molecule has 0 bridgehead atoms. The lowest BCUT2D eigenvalue weighted by Crippen LogP contribution is -2.34. The molecule has 0 unspecified atom stereocenters. The predicted molar refractivity (Wildman–Crippen MR) is 84.7 cm³/mol. The lowest BCUT2D eigenvalue weighted by molar-refractivity contribution is 0.374. The summed E-state index contributed by atoms with van der Waals surface area (Å²) in [5.41, 5.74) is 3.59. The second-order valence-electron chi connectivity index (χ2n) is 5.55. The number of hydrogen-bond donors (Lipinski definition) is 1. The molecule has 0 amide bonds. The van der Waals surface area contributed by atoms with Crippen molar-refractivity contribution >= 4 is 21.6 Å². The molecule has 1 nitrogen and oxygen atoms in total. The number of nitrogens with one attached hydrogen (secondary N) is 1. The highest BCUT2D eigenvalue weighted by Gasteiger charge is 2.30. The number of halogens is 2. The van der Waals surface area contributed by atoms with Gasteiger partial charge in [-0.3, -0.25) is 0 Å². The van der Waals surface area contributed by atoms with E-state index in [0.29, 0.717) is 16.4 Å². The third kappa shape index (κ3) is 2.88. The van der Waals surface area contributed by atoms with Gasteiger partial charge in [0.2, 0.25) is 0 Å². The summed E-state index contributed by atoms with van der Waals surface area (Å²) in [6.07, 6.45) is 2.22. The normalized spacial score (nSPS) is 21.4. The Morgan fingerprint density at radius 1 is 1.15 bits per heavy atom. The van der Waals surface area contributed by atoms with Crippen LogP contribution in [0.25, 0.3) is 0 Å². The minimum absolute atomic E-state index is 0.218. The molecule has 0 radical (unpaired) electrons. The van der Waals surface area contributed by atoms with Crippen molar-refractivity contribution in [2.24, 2.45) is 0 Å². The summed E-state index contributed by atoms with van der Waals surface area (Å²) in [5, 5.41) is 3.40. The molecule has 0 atom stereocenters. The fourth-order valence-corrected chi connectivity index (χ4v) is 3.00. The molecule has 0 spiro atoms. The predicted octanol–water partition coefficient (Wildman–Crippen LogP) is 5.25. The van der Waals surface area contributed by atoms with E-state index in [1.54, 1.807) is 12.1 Å². The van der Waals surface area contributed by atoms with Gasteiger partial charge < -0.3 is 5.32 Å². The largest absolute Gasteiger partial charge is 0.382 e. The summed E-state index contributed by atoms with van der Waals surface area (Å²) in [7, 11) is 0. The van der Waals surface area contributed by atoms with Crippen molar-refractivity contribution < 1.29 is 4.39 Å². The summed E-state index contributed by atoms with van der Waals surface area (Å²) in [4.78, 5) is 0. The van der Waals surface area contributed by atoms with Crippen molar-refractivity contribution in [2.45, 2.75) is 31.7 Å². The van der Waals surface area contributed by atoms with Crippen LogP contribution in [0.2, 0.25) is 0 Å². The van der Waals surface area contributed by atoms with Crippen molar-refractivity contribution in [3.05, 3.63) is 63.9 Å². The molecule has 3 heteroatoms. The lowest BCUT2D eigenvalue weighted by atomic mass is 9.75. The summed E-state index contributed by atoms with van der Waals surface area (Å²) in [6, 6.07) is 14.4. The van der Waals surface area contributed by atoms with Gasteiger partial charge in [-0.1, -0.05) is 29.8 Å². The van der Waals surface area contributed by atoms with Gasteiger partial charge in [0, 0.05) is 11.7 Å². The molecule has 1 aliphatic rings. The molecule has 2 aromatic carbocycles. The zero-order chi connectivity index (χ0) is 14.1. The molecule has 2 aromatic rings. The summed E-state index contributed by atoms with van der Waals surface area (Å²) in [6.45, 7) is 2.13. The van der Waals surface area contributed by atoms with Crippen LogP contribution in [-0.2, 0) is 0 Å². The first-order valence-corrected chi connectivity index (χ1v) is 7.69. The van der Waals surface area contributed by atoms with Gasteiger partial charge in [0.1, 0.15) is 5.82 Å². The molecule has 104 valence electrons. The number of anilines is 1. The Kier molecular flexibility index (Phi) is 3.79. The zero-order valence-electron chi connectivity index (χ0n) is 11.4. The fourth-order valence-electron chi connectivity index (χ4n) is 2.75. The molecule has 1 aliphatic carbocycles. The first-order valence-electron chi connectivity index (χ1n) is 6.90. The van der Waals surface area contributed by atoms with Crippen LogP contribution in [0.1, 0.15) is 29.9 Å². The van der Waals surface area contributed by atoms with E-state index < -0.39 is 0 Å². The van der Waals surface area contributed by atoms with Crippen LogP contribution in [0.5, 0.6) is 0 Å². The van der Waals surface area contributed by atoms with E-state index in [1.807, 2.05) is 6.07 Å². The lowest BCUT2D eigenvalue weighted by Gasteiger charge is -2.37. The Balaban J connectivity index is 1.59. The third-order valence-electron chi connectivity index (χ3n) is 3.94. The second-order valence-corrected chi connectivity index (χ2v) is 6.41. The molecule has 0 aromatic heterocycles. The van der Waals surface area contributed by atoms with Crippen molar-refractivity contribution in [1.29, 1.82) is 0 Å². The molecule has 0 aliphatic heterocycles. The molecule has 1 N–H and O–H groups in total. The Hall–Kier alpha value is -1.35. The van der Waals surface area contributed by atoms with Crippen molar-refractivity contribution in [1.82, 2.24) is 0 Å². The second kappa shape index (κ2) is 5.57. The molecule has 0 saturated heterocycles. The van der Waals surface area contributed by atoms with Crippen LogP contribution >= 0.6 is 15.9 Å². The highest BCUT2D eigenvalue weighted by molar-refractivity contribution is 9.10. The summed E-state index contributed by atoms with van der Waals surface area (Å²) < 4.78 is 14.0. The van der Waals surface area contributed by atoms with Crippen LogP contribution in [-0.4, -0.2) is 6.04 Å². The van der Waals surface area contributed by atoms with Crippen molar-refractivity contribution in [3.8, 4) is 0 Å². The minimum Gasteiger partial charge on any atom is -0.382 e. The van der Waals surface area contributed by atoms with E-state index in [2.05, 4.69) is 52.4 Å². The quantitative estimate of drug-likeness (QED) is 0.808. The standard InChI is InChI=1S/C17H17BrFN/c1-11-3-2-4-12(7-11)13-8-15(9-13)20-14-5-6-16(18)17(19)10-14/h2-7,10,13,15,20H,8-9H2,1H3. The number of hydrogen-bond acceptors (Lipinski definition) is 1. The molecular weight excluding hydrogens is 317 g/mol. The molecule has 20 heavy (non-hydrogen) atoms. The van der Waals surface area contributed by atoms with Crippen molar-refractivity contribution in [2.75, 3.05) is 5.32 Å². The molecule has 0 heterocycles. The van der Waals surface area contributed by atoms with Crippen LogP contribution in [0.15, 0.2) is 46.9 Å². The first-order chi connectivity index (χ1) is 9.61. The van der Waals surface area contributed by atoms with Gasteiger partial charge in [0.15, 0.2) is 0 Å². The van der Waals surface area contributed by atoms with E-state index in [-0.39, 0.29) is 5.82 Å². The maximum atomic E-state index is 13.5. The van der Waals surface area contributed by atoms with Crippen LogP contribution in [0.4, 0.5) is 10.1 Å². The van der Waals surface area contributed by atoms with Gasteiger partial charge in [-0.25, -0.2) is 4.39 Å². The zero-order valence-corrected chi connectivity index (χ0v) is 13.0. The summed E-state index contributed by atoms with van der Waals surface area (Å²) >= 11 is 3.17. The van der Waals surface area contributed by atoms with Gasteiger partial charge in [0.25, 0.3) is 0 Å². The molecule has 1 saturated carbocycles. The van der Waals surface area contributed by atoms with Crippen LogP contribution in [0, 0.1) is 12.7 Å². The Labute approximate surface area is 127 Å². The van der Waals surface area contributed by atoms with Gasteiger partial charge in [-0.05, 0) is 65.4 Å². The number of aryl methyl sites for hydroxylation is 1. The van der Waals surface area contributed by atoms with E-state index in [1.165, 1.54) is 11.1 Å². The average Bonchev–Trinajstić information content (AvgIpc) is 2.37. The highest BCUT2D eigenvalue weighted by Crippen LogP contribution is 2.38. The maximum Gasteiger partial charge on any atom is 0.139 e. The van der Waals surface area contributed by atoms with Gasteiger partial charge in [0.05, 0.1) is 4.47 Å². The third-order valence-corrected chi connectivity index (χ3v) is 4.59. The van der Waals surface area contributed by atoms with E-state index in [4.69, 9.17) is 0 Å². The molecular formula is C17H17BrFN. The van der Waals surface area contributed by atoms with Crippen LogP contribution in [0.3, 0.4) is 0 Å². The minimum atomic E-state index is -0.218. The van der Waals surface area contributed by atoms with E-state index in [9.17, 15) is 4.39 Å². The Morgan fingerprint density at radius 2 is 1.95 bits per heavy atom. The van der Waals surface area contributed by atoms with Gasteiger partial charge in [-0.15, -0.1) is 0 Å². The van der Waals surface area contributed by atoms with Crippen LogP contribution < -0.4 is 5.32 Å². The van der Waals surface area contributed by atoms with E-state index >= 15 is 0 Å². The summed E-state index contributed by atoms with van der Waals surface area (Å²) in [5.74, 6) is 0.414. The fraction of sp³-hybridized carbons (Fsp3) is 0.294. The monoisotopic (exact) mass is 333 g/mol. The first kappa shape index (κ1) is 13.6. The SMILES string of the molecule is Cc1cccc(C2CC(Nc3ccc(Br)c(F)c3)C2)c1. The molecule has 3 rings (SSSR count). The van der Waals surface area contributed by atoms with E-state index in [0.717, 1.165) is 18.5 Å². The number of benzene rings is 2. The van der Waals surface area contributed by atoms with Crippen molar-refractivity contribution in [3.63, 3.8) is 0 Å². The average molecular weight is 334 g/mol. The Bertz CT molecular complexity index is 620. The highest BCUT2D eigenvalue weighted by atomic mass is 79.9. The smallest absolute Gasteiger partial charge is 0.139 e. The van der Waals surface area contributed by atoms with Gasteiger partial charge in [-0.2, -0.15) is 0 Å². The Morgan fingerprint density at radius 3 is 2.65 bits per heavy atom.